The lowest BCUT2D eigenvalue weighted by molar-refractivity contribution is -0.133. The molecule has 1 saturated carbocycles. The van der Waals surface area contributed by atoms with Gasteiger partial charge in [0, 0.05) is 37.9 Å². The highest BCUT2D eigenvalue weighted by Gasteiger charge is 2.29. The molecule has 0 radical (unpaired) electrons. The summed E-state index contributed by atoms with van der Waals surface area (Å²) in [5.74, 6) is 2.11. The monoisotopic (exact) mass is 391 g/mol. The molecule has 150 valence electrons. The van der Waals surface area contributed by atoms with Gasteiger partial charge in [-0.3, -0.25) is 14.2 Å². The van der Waals surface area contributed by atoms with Gasteiger partial charge in [-0.2, -0.15) is 0 Å². The van der Waals surface area contributed by atoms with Crippen molar-refractivity contribution in [1.82, 2.24) is 24.0 Å². The molecule has 5 rings (SSSR count). The molecule has 2 aliphatic rings. The van der Waals surface area contributed by atoms with E-state index in [1.54, 1.807) is 6.07 Å². The molecule has 7 nitrogen and oxygen atoms in total. The molecule has 29 heavy (non-hydrogen) atoms. The maximum atomic E-state index is 13.0. The Labute approximate surface area is 169 Å². The molecule has 7 heteroatoms. The smallest absolute Gasteiger partial charge is 0.261 e. The number of para-hydroxylation sites is 1. The van der Waals surface area contributed by atoms with Crippen LogP contribution in [0.2, 0.25) is 0 Å². The van der Waals surface area contributed by atoms with Crippen LogP contribution in [0.3, 0.4) is 0 Å². The molecule has 0 N–H and O–H groups in total. The van der Waals surface area contributed by atoms with Gasteiger partial charge < -0.3 is 9.47 Å². The largest absolute Gasteiger partial charge is 0.340 e. The number of rotatable bonds is 5. The molecule has 1 aliphatic heterocycles. The van der Waals surface area contributed by atoms with E-state index in [0.717, 1.165) is 37.7 Å². The Bertz CT molecular complexity index is 1100. The van der Waals surface area contributed by atoms with E-state index in [1.807, 2.05) is 29.3 Å². The van der Waals surface area contributed by atoms with Gasteiger partial charge in [-0.05, 0) is 43.7 Å². The van der Waals surface area contributed by atoms with Gasteiger partial charge in [0.2, 0.25) is 5.91 Å². The van der Waals surface area contributed by atoms with Gasteiger partial charge in [-0.25, -0.2) is 9.97 Å². The standard InChI is InChI=1S/C22H25N5O2/c28-20(14-27-15-24-19-6-2-1-5-18(19)22(27)29)25-10-3-4-17(13-25)21-23-9-11-26(21)12-16-7-8-16/h1-2,5-6,9,11,15-17H,3-4,7-8,10,12-14H2/t17-/m0/s1. The minimum atomic E-state index is -0.169. The molecule has 1 aromatic carbocycles. The number of fused-ring (bicyclic) bond motifs is 1. The molecule has 0 unspecified atom stereocenters. The third kappa shape index (κ3) is 3.69. The Morgan fingerprint density at radius 2 is 1.97 bits per heavy atom. The minimum absolute atomic E-state index is 0.0277. The van der Waals surface area contributed by atoms with Crippen LogP contribution in [0.4, 0.5) is 0 Å². The van der Waals surface area contributed by atoms with E-state index in [0.29, 0.717) is 17.4 Å². The first kappa shape index (κ1) is 18.1. The maximum absolute atomic E-state index is 13.0. The second kappa shape index (κ2) is 7.46. The zero-order valence-corrected chi connectivity index (χ0v) is 16.4. The second-order valence-electron chi connectivity index (χ2n) is 8.25. The van der Waals surface area contributed by atoms with Crippen molar-refractivity contribution in [2.75, 3.05) is 13.1 Å². The molecule has 2 aromatic heterocycles. The lowest BCUT2D eigenvalue weighted by Crippen LogP contribution is -2.42. The quantitative estimate of drug-likeness (QED) is 0.670. The first-order chi connectivity index (χ1) is 14.2. The molecule has 1 amide bonds. The molecule has 3 aromatic rings. The van der Waals surface area contributed by atoms with Gasteiger partial charge in [0.15, 0.2) is 0 Å². The van der Waals surface area contributed by atoms with E-state index >= 15 is 0 Å². The Hall–Kier alpha value is -2.96. The number of benzene rings is 1. The molecular weight excluding hydrogens is 366 g/mol. The SMILES string of the molecule is O=C(Cn1cnc2ccccc2c1=O)N1CCC[C@H](c2nccn2CC2CC2)C1. The molecule has 1 aliphatic carbocycles. The summed E-state index contributed by atoms with van der Waals surface area (Å²) in [6.45, 7) is 2.46. The molecule has 1 saturated heterocycles. The van der Waals surface area contributed by atoms with Crippen molar-refractivity contribution in [1.29, 1.82) is 0 Å². The number of aromatic nitrogens is 4. The first-order valence-electron chi connectivity index (χ1n) is 10.4. The van der Waals surface area contributed by atoms with E-state index in [-0.39, 0.29) is 23.9 Å². The van der Waals surface area contributed by atoms with E-state index in [2.05, 4.69) is 20.7 Å². The van der Waals surface area contributed by atoms with Crippen molar-refractivity contribution in [2.24, 2.45) is 5.92 Å². The van der Waals surface area contributed by atoms with Gasteiger partial charge in [-0.15, -0.1) is 0 Å². The Kier molecular flexibility index (Phi) is 4.66. The van der Waals surface area contributed by atoms with Crippen LogP contribution >= 0.6 is 0 Å². The second-order valence-corrected chi connectivity index (χ2v) is 8.25. The van der Waals surface area contributed by atoms with Crippen LogP contribution in [0, 0.1) is 5.92 Å². The van der Waals surface area contributed by atoms with Crippen LogP contribution in [-0.2, 0) is 17.9 Å². The Morgan fingerprint density at radius 3 is 2.83 bits per heavy atom. The van der Waals surface area contributed by atoms with Crippen molar-refractivity contribution in [3.8, 4) is 0 Å². The van der Waals surface area contributed by atoms with E-state index in [1.165, 1.54) is 23.7 Å². The highest BCUT2D eigenvalue weighted by atomic mass is 16.2. The highest BCUT2D eigenvalue weighted by molar-refractivity contribution is 5.79. The number of piperidine rings is 1. The van der Waals surface area contributed by atoms with Crippen LogP contribution in [0.1, 0.15) is 37.4 Å². The van der Waals surface area contributed by atoms with Gasteiger partial charge >= 0.3 is 0 Å². The summed E-state index contributed by atoms with van der Waals surface area (Å²) >= 11 is 0. The van der Waals surface area contributed by atoms with E-state index in [4.69, 9.17) is 0 Å². The number of likely N-dealkylation sites (tertiary alicyclic amines) is 1. The lowest BCUT2D eigenvalue weighted by atomic mass is 9.97. The Balaban J connectivity index is 1.31. The molecule has 0 spiro atoms. The number of carbonyl (C=O) groups is 1. The molecule has 0 bridgehead atoms. The number of hydrogen-bond donors (Lipinski definition) is 0. The molecule has 1 atom stereocenters. The van der Waals surface area contributed by atoms with Crippen molar-refractivity contribution in [3.63, 3.8) is 0 Å². The number of nitrogens with zero attached hydrogens (tertiary/aromatic N) is 5. The van der Waals surface area contributed by atoms with E-state index in [9.17, 15) is 9.59 Å². The fraction of sp³-hybridized carbons (Fsp3) is 0.455. The van der Waals surface area contributed by atoms with Crippen LogP contribution in [-0.4, -0.2) is 43.0 Å². The van der Waals surface area contributed by atoms with Crippen LogP contribution in [0.15, 0.2) is 47.8 Å². The summed E-state index contributed by atoms with van der Waals surface area (Å²) in [7, 11) is 0. The normalized spacial score (nSPS) is 19.6. The number of amides is 1. The summed E-state index contributed by atoms with van der Waals surface area (Å²) in [6, 6.07) is 7.23. The summed E-state index contributed by atoms with van der Waals surface area (Å²) in [6.07, 6.45) is 10.0. The third-order valence-electron chi connectivity index (χ3n) is 6.08. The van der Waals surface area contributed by atoms with Crippen LogP contribution in [0.5, 0.6) is 0 Å². The average Bonchev–Trinajstić information content (AvgIpc) is 3.45. The predicted octanol–water partition coefficient (Wildman–Crippen LogP) is 2.41. The summed E-state index contributed by atoms with van der Waals surface area (Å²) < 4.78 is 3.69. The van der Waals surface area contributed by atoms with Gasteiger partial charge in [0.1, 0.15) is 12.4 Å². The van der Waals surface area contributed by atoms with Gasteiger partial charge in [0.25, 0.3) is 5.56 Å². The summed E-state index contributed by atoms with van der Waals surface area (Å²) in [4.78, 5) is 36.5. The number of imidazole rings is 1. The molecule has 3 heterocycles. The topological polar surface area (TPSA) is 73.0 Å². The fourth-order valence-electron chi connectivity index (χ4n) is 4.29. The van der Waals surface area contributed by atoms with Crippen molar-refractivity contribution in [3.05, 3.63) is 59.2 Å². The minimum Gasteiger partial charge on any atom is -0.340 e. The van der Waals surface area contributed by atoms with Crippen molar-refractivity contribution in [2.45, 2.75) is 44.7 Å². The molecule has 2 fully saturated rings. The van der Waals surface area contributed by atoms with Gasteiger partial charge in [0.05, 0.1) is 17.2 Å². The summed E-state index contributed by atoms with van der Waals surface area (Å²) in [5.41, 5.74) is 0.485. The van der Waals surface area contributed by atoms with Crippen LogP contribution in [0.25, 0.3) is 10.9 Å². The number of hydrogen-bond acceptors (Lipinski definition) is 4. The zero-order valence-electron chi connectivity index (χ0n) is 16.4. The highest BCUT2D eigenvalue weighted by Crippen LogP contribution is 2.33. The zero-order chi connectivity index (χ0) is 19.8. The van der Waals surface area contributed by atoms with Gasteiger partial charge in [-0.1, -0.05) is 12.1 Å². The van der Waals surface area contributed by atoms with Crippen molar-refractivity contribution < 1.29 is 4.79 Å². The fourth-order valence-corrected chi connectivity index (χ4v) is 4.29. The van der Waals surface area contributed by atoms with Crippen molar-refractivity contribution >= 4 is 16.8 Å². The Morgan fingerprint density at radius 1 is 1.10 bits per heavy atom. The first-order valence-corrected chi connectivity index (χ1v) is 10.4. The lowest BCUT2D eigenvalue weighted by Gasteiger charge is -2.33. The summed E-state index contributed by atoms with van der Waals surface area (Å²) in [5, 5.41) is 0.543. The maximum Gasteiger partial charge on any atom is 0.261 e. The number of carbonyl (C=O) groups excluding carboxylic acids is 1. The average molecular weight is 391 g/mol. The van der Waals surface area contributed by atoms with Crippen LogP contribution < -0.4 is 5.56 Å². The predicted molar refractivity (Wildman–Crippen MR) is 110 cm³/mol. The van der Waals surface area contributed by atoms with E-state index < -0.39 is 0 Å². The molecular formula is C22H25N5O2. The third-order valence-corrected chi connectivity index (χ3v) is 6.08.